The molecule has 0 spiro atoms. The number of hydrogen-bond acceptors (Lipinski definition) is 2. The van der Waals surface area contributed by atoms with Crippen molar-refractivity contribution in [3.05, 3.63) is 247 Å². The Morgan fingerprint density at radius 1 is 0.291 bits per heavy atom. The van der Waals surface area contributed by atoms with Crippen molar-refractivity contribution in [1.82, 2.24) is 22.8 Å². The highest BCUT2D eigenvalue weighted by atomic mass is 19.4. The lowest BCUT2D eigenvalue weighted by Gasteiger charge is -2.22. The molecular weight excluding hydrogens is 984 g/mol. The molecule has 0 unspecified atom stereocenters. The van der Waals surface area contributed by atoms with Gasteiger partial charge in [-0.2, -0.15) is 23.7 Å². The molecule has 0 fully saturated rings. The number of benzene rings is 11. The third-order valence-corrected chi connectivity index (χ3v) is 16.2. The molecule has 5 heterocycles. The van der Waals surface area contributed by atoms with E-state index in [0.29, 0.717) is 33.2 Å². The van der Waals surface area contributed by atoms with Crippen LogP contribution < -0.4 is 0 Å². The number of nitrogens with zero attached hydrogens (tertiary/aromatic N) is 7. The quantitative estimate of drug-likeness (QED) is 0.172. The molecule has 16 rings (SSSR count). The molecule has 0 aliphatic carbocycles. The van der Waals surface area contributed by atoms with E-state index in [9.17, 15) is 23.7 Å². The van der Waals surface area contributed by atoms with Gasteiger partial charge in [-0.05, 0) is 78.9 Å². The maximum Gasteiger partial charge on any atom is 0.416 e. The van der Waals surface area contributed by atoms with Gasteiger partial charge < -0.3 is 22.8 Å². The van der Waals surface area contributed by atoms with Crippen molar-refractivity contribution >= 4 is 109 Å². The normalized spacial score (nSPS) is 12.2. The lowest BCUT2D eigenvalue weighted by molar-refractivity contribution is -0.137. The van der Waals surface area contributed by atoms with E-state index in [0.717, 1.165) is 105 Å². The van der Waals surface area contributed by atoms with Gasteiger partial charge in [0, 0.05) is 65.2 Å². The number of aromatic nitrogens is 5. The van der Waals surface area contributed by atoms with Crippen LogP contribution in [0, 0.1) is 22.7 Å². The van der Waals surface area contributed by atoms with E-state index in [2.05, 4.69) is 127 Å². The van der Waals surface area contributed by atoms with E-state index in [1.807, 2.05) is 108 Å². The molecule has 79 heavy (non-hydrogen) atoms. The highest BCUT2D eigenvalue weighted by Gasteiger charge is 2.34. The first-order valence-corrected chi connectivity index (χ1v) is 26.0. The Hall–Kier alpha value is -10.8. The summed E-state index contributed by atoms with van der Waals surface area (Å²) in [4.78, 5) is 0. The summed E-state index contributed by atoms with van der Waals surface area (Å²) in [7, 11) is 0. The minimum atomic E-state index is -4.63. The molecule has 0 aliphatic heterocycles. The van der Waals surface area contributed by atoms with Crippen LogP contribution in [0.1, 0.15) is 16.7 Å². The average molecular weight is 1020 g/mol. The number of fused-ring (bicyclic) bond motifs is 17. The van der Waals surface area contributed by atoms with Crippen LogP contribution in [0.5, 0.6) is 0 Å². The first-order chi connectivity index (χ1) is 38.8. The molecule has 10 heteroatoms. The Morgan fingerprint density at radius 2 is 0.608 bits per heavy atom. The molecule has 0 bridgehead atoms. The van der Waals surface area contributed by atoms with Gasteiger partial charge in [-0.1, -0.05) is 152 Å². The van der Waals surface area contributed by atoms with Crippen molar-refractivity contribution < 1.29 is 13.2 Å². The third kappa shape index (κ3) is 6.05. The number of rotatable bonds is 5. The van der Waals surface area contributed by atoms with Crippen molar-refractivity contribution in [1.29, 1.82) is 10.5 Å². The Kier molecular flexibility index (Phi) is 9.20. The SMILES string of the molecule is N#Cc1c(-n2c3ccccc3c3ccc4c5ccccc5n(-c5ccccc5)c4c32)cc(-n2c3ccccc3c3ccc4c5ccccc5n(-c5ccccc5)c4c32)c(C#N)c1-n1c2ccccc2c2cc(C(F)(F)F)ccc21. The zero-order valence-electron chi connectivity index (χ0n) is 41.7. The largest absolute Gasteiger partial charge is 0.416 e. The Morgan fingerprint density at radius 3 is 0.987 bits per heavy atom. The molecule has 11 aromatic carbocycles. The van der Waals surface area contributed by atoms with E-state index in [1.165, 1.54) is 12.1 Å². The van der Waals surface area contributed by atoms with Crippen LogP contribution >= 0.6 is 0 Å². The minimum Gasteiger partial charge on any atom is -0.307 e. The minimum absolute atomic E-state index is 0.161. The standard InChI is InChI=1S/C69H38F3N7/c70-69(71,72)41-31-36-61-53(37-41)48-25-11-16-30-60(48)77(61)64-54(39-73)62(78-58-28-14-9-23-46(58)51-34-32-49-44-21-7-12-26-56(44)75(65(49)67(51)78)42-17-3-1-4-18-42)38-63(55(64)40-74)79-59-29-15-10-24-47(59)52-35-33-50-45-22-8-13-27-57(45)76(66(50)68(52)79)43-19-5-2-6-20-43/h1-38H. The molecule has 5 aromatic heterocycles. The van der Waals surface area contributed by atoms with E-state index < -0.39 is 11.7 Å². The number of hydrogen-bond donors (Lipinski definition) is 0. The Labute approximate surface area is 447 Å². The van der Waals surface area contributed by atoms with Gasteiger partial charge in [0.2, 0.25) is 0 Å². The lowest BCUT2D eigenvalue weighted by atomic mass is 10.0. The zero-order valence-corrected chi connectivity index (χ0v) is 41.7. The number of nitriles is 2. The van der Waals surface area contributed by atoms with E-state index in [4.69, 9.17) is 0 Å². The summed E-state index contributed by atoms with van der Waals surface area (Å²) in [6, 6.07) is 80.6. The molecule has 0 radical (unpaired) electrons. The van der Waals surface area contributed by atoms with Gasteiger partial charge in [0.25, 0.3) is 0 Å². The summed E-state index contributed by atoms with van der Waals surface area (Å²) in [5.74, 6) is 0. The number of alkyl halides is 3. The van der Waals surface area contributed by atoms with Gasteiger partial charge in [0.05, 0.1) is 77.8 Å². The molecule has 0 aliphatic rings. The molecule has 16 aromatic rings. The summed E-state index contributed by atoms with van der Waals surface area (Å²) >= 11 is 0. The van der Waals surface area contributed by atoms with Gasteiger partial charge in [0.1, 0.15) is 23.3 Å². The fraction of sp³-hybridized carbons (Fsp3) is 0.0145. The van der Waals surface area contributed by atoms with Gasteiger partial charge in [-0.25, -0.2) is 0 Å². The highest BCUT2D eigenvalue weighted by Crippen LogP contribution is 2.48. The molecular formula is C69H38F3N7. The summed E-state index contributed by atoms with van der Waals surface area (Å²) in [6.07, 6.45) is -4.63. The third-order valence-electron chi connectivity index (χ3n) is 16.2. The predicted octanol–water partition coefficient (Wildman–Crippen LogP) is 17.9. The fourth-order valence-corrected chi connectivity index (χ4v) is 13.0. The molecule has 370 valence electrons. The molecule has 0 N–H and O–H groups in total. The summed E-state index contributed by atoms with van der Waals surface area (Å²) in [5, 5.41) is 33.2. The van der Waals surface area contributed by atoms with Gasteiger partial charge in [0.15, 0.2) is 0 Å². The van der Waals surface area contributed by atoms with Gasteiger partial charge >= 0.3 is 6.18 Å². The monoisotopic (exact) mass is 1020 g/mol. The number of halogens is 3. The summed E-state index contributed by atoms with van der Waals surface area (Å²) in [6.45, 7) is 0. The van der Waals surface area contributed by atoms with Crippen molar-refractivity contribution in [3.8, 4) is 40.6 Å². The number of para-hydroxylation sites is 7. The summed E-state index contributed by atoms with van der Waals surface area (Å²) in [5.41, 5.74) is 10.7. The lowest BCUT2D eigenvalue weighted by Crippen LogP contribution is -2.11. The molecule has 0 saturated carbocycles. The first kappa shape index (κ1) is 44.5. The predicted molar refractivity (Wildman–Crippen MR) is 313 cm³/mol. The fourth-order valence-electron chi connectivity index (χ4n) is 13.0. The van der Waals surface area contributed by atoms with Gasteiger partial charge in [-0.15, -0.1) is 0 Å². The van der Waals surface area contributed by atoms with Crippen LogP contribution in [0.4, 0.5) is 13.2 Å². The van der Waals surface area contributed by atoms with Crippen LogP contribution in [0.25, 0.3) is 137 Å². The van der Waals surface area contributed by atoms with Crippen LogP contribution in [-0.2, 0) is 6.18 Å². The molecule has 0 saturated heterocycles. The summed E-state index contributed by atoms with van der Waals surface area (Å²) < 4.78 is 55.0. The van der Waals surface area contributed by atoms with Crippen LogP contribution in [0.3, 0.4) is 0 Å². The molecule has 0 amide bonds. The average Bonchev–Trinajstić information content (AvgIpc) is 4.48. The van der Waals surface area contributed by atoms with E-state index in [1.54, 1.807) is 12.1 Å². The smallest absolute Gasteiger partial charge is 0.307 e. The zero-order chi connectivity index (χ0) is 52.8. The van der Waals surface area contributed by atoms with Crippen molar-refractivity contribution in [2.75, 3.05) is 0 Å². The highest BCUT2D eigenvalue weighted by molar-refractivity contribution is 6.26. The maximum absolute atomic E-state index is 14.7. The van der Waals surface area contributed by atoms with Gasteiger partial charge in [-0.3, -0.25) is 0 Å². The van der Waals surface area contributed by atoms with Crippen molar-refractivity contribution in [2.24, 2.45) is 0 Å². The molecule has 7 nitrogen and oxygen atoms in total. The second-order valence-corrected chi connectivity index (χ2v) is 20.1. The van der Waals surface area contributed by atoms with Crippen molar-refractivity contribution in [2.45, 2.75) is 6.18 Å². The van der Waals surface area contributed by atoms with Crippen LogP contribution in [0.2, 0.25) is 0 Å². The topological polar surface area (TPSA) is 72.2 Å². The van der Waals surface area contributed by atoms with Crippen LogP contribution in [0.15, 0.2) is 231 Å². The van der Waals surface area contributed by atoms with Crippen LogP contribution in [-0.4, -0.2) is 22.8 Å². The van der Waals surface area contributed by atoms with Crippen molar-refractivity contribution in [3.63, 3.8) is 0 Å². The maximum atomic E-state index is 14.7. The molecule has 0 atom stereocenters. The first-order valence-electron chi connectivity index (χ1n) is 26.0. The van der Waals surface area contributed by atoms with E-state index >= 15 is 0 Å². The Bertz CT molecular complexity index is 5120. The van der Waals surface area contributed by atoms with E-state index in [-0.39, 0.29) is 16.8 Å². The Balaban J connectivity index is 1.17. The second kappa shape index (κ2) is 16.3. The second-order valence-electron chi connectivity index (χ2n) is 20.1.